The Bertz CT molecular complexity index is 1560. The van der Waals surface area contributed by atoms with Crippen LogP contribution >= 0.6 is 0 Å². The van der Waals surface area contributed by atoms with Crippen LogP contribution < -0.4 is 0 Å². The Kier molecular flexibility index (Phi) is 9.73. The van der Waals surface area contributed by atoms with Gasteiger partial charge in [-0.15, -0.1) is 0 Å². The molecule has 20 atom stereocenters. The first-order valence-electron chi connectivity index (χ1n) is 24.2. The topological polar surface area (TPSA) is 9.23 Å². The van der Waals surface area contributed by atoms with Gasteiger partial charge < -0.3 is 0 Å². The molecule has 0 radical (unpaired) electrons. The molecule has 0 aromatic heterocycles. The SMILES string of the molecule is C1=CC2C(C=C1)[CH]([Ti][O][Ti]([CH]1C3C=CC=CC3C3CCCCC31)([CH]1C3C=CC=CC3C3CCCCC31)[CH]1C3C=CC=CC3C3CCCCC31)C1CCCCC21. The van der Waals surface area contributed by atoms with Gasteiger partial charge in [0.2, 0.25) is 0 Å². The van der Waals surface area contributed by atoms with Crippen LogP contribution in [-0.2, 0) is 38.4 Å². The molecule has 12 aliphatic carbocycles. The van der Waals surface area contributed by atoms with Gasteiger partial charge >= 0.3 is 350 Å². The van der Waals surface area contributed by atoms with Gasteiger partial charge in [-0.2, -0.15) is 0 Å². The van der Waals surface area contributed by atoms with E-state index in [0.29, 0.717) is 0 Å². The van der Waals surface area contributed by atoms with Crippen LogP contribution in [0.1, 0.15) is 103 Å². The zero-order valence-corrected chi connectivity index (χ0v) is 36.6. The summed E-state index contributed by atoms with van der Waals surface area (Å²) in [5, 5.41) is 0. The molecule has 8 saturated carbocycles. The van der Waals surface area contributed by atoms with Gasteiger partial charge in [0.1, 0.15) is 0 Å². The van der Waals surface area contributed by atoms with E-state index in [1.165, 1.54) is 103 Å². The van der Waals surface area contributed by atoms with Crippen molar-refractivity contribution in [2.45, 2.75) is 120 Å². The molecule has 0 bridgehead atoms. The molecule has 1 nitrogen and oxygen atoms in total. The minimum absolute atomic E-state index is 0.601. The molecule has 0 spiro atoms. The van der Waals surface area contributed by atoms with Crippen LogP contribution in [0.5, 0.6) is 0 Å². The summed E-state index contributed by atoms with van der Waals surface area (Å²) in [4.78, 5) is 0. The second-order valence-corrected chi connectivity index (χ2v) is 30.2. The van der Waals surface area contributed by atoms with Crippen LogP contribution in [-0.4, -0.2) is 0 Å². The molecular weight excluding hydrogens is 736 g/mol. The summed E-state index contributed by atoms with van der Waals surface area (Å²) in [6.45, 7) is 0. The summed E-state index contributed by atoms with van der Waals surface area (Å²) in [5.41, 5.74) is 0. The predicted molar refractivity (Wildman–Crippen MR) is 219 cm³/mol. The normalized spacial score (nSPS) is 53.0. The third-order valence-electron chi connectivity index (χ3n) is 19.8. The molecule has 0 aromatic carbocycles. The summed E-state index contributed by atoms with van der Waals surface area (Å²) < 4.78 is 12.6. The Morgan fingerprint density at radius 2 is 0.582 bits per heavy atom. The summed E-state index contributed by atoms with van der Waals surface area (Å²) in [6.07, 6.45) is 65.9. The maximum atomic E-state index is 9.24. The molecule has 290 valence electrons. The van der Waals surface area contributed by atoms with E-state index in [1.54, 1.807) is 0 Å². The van der Waals surface area contributed by atoms with Gasteiger partial charge in [-0.25, -0.2) is 0 Å². The second-order valence-electron chi connectivity index (χ2n) is 21.3. The van der Waals surface area contributed by atoms with E-state index in [2.05, 4.69) is 97.2 Å². The van der Waals surface area contributed by atoms with Gasteiger partial charge in [0, 0.05) is 0 Å². The summed E-state index contributed by atoms with van der Waals surface area (Å²) in [6, 6.07) is 0. The number of hydrogen-bond donors (Lipinski definition) is 0. The van der Waals surface area contributed by atoms with E-state index in [1.807, 2.05) is 0 Å². The molecule has 0 heterocycles. The van der Waals surface area contributed by atoms with E-state index in [4.69, 9.17) is 0 Å². The van der Waals surface area contributed by atoms with Crippen LogP contribution in [0.2, 0.25) is 16.9 Å². The first-order chi connectivity index (χ1) is 27.3. The van der Waals surface area contributed by atoms with Gasteiger partial charge in [0.05, 0.1) is 0 Å². The Hall–Kier alpha value is -0.691. The molecular formula is C52H68OTi2. The Morgan fingerprint density at radius 1 is 0.309 bits per heavy atom. The summed E-state index contributed by atoms with van der Waals surface area (Å²) in [5.74, 6) is 13.2. The molecule has 20 unspecified atom stereocenters. The molecule has 0 aliphatic heterocycles. The number of allylic oxidation sites excluding steroid dienone is 16. The fraction of sp³-hybridized carbons (Fsp3) is 0.692. The van der Waals surface area contributed by atoms with Crippen molar-refractivity contribution in [2.75, 3.05) is 0 Å². The number of fused-ring (bicyclic) bond motifs is 12. The van der Waals surface area contributed by atoms with Crippen LogP contribution in [0.15, 0.2) is 97.2 Å². The summed E-state index contributed by atoms with van der Waals surface area (Å²) in [7, 11) is 0. The van der Waals surface area contributed by atoms with Crippen molar-refractivity contribution in [1.82, 2.24) is 0 Å². The van der Waals surface area contributed by atoms with Gasteiger partial charge in [0.15, 0.2) is 0 Å². The molecule has 0 saturated heterocycles. The first kappa shape index (κ1) is 36.2. The first-order valence-corrected chi connectivity index (χ1v) is 29.0. The Labute approximate surface area is 347 Å². The fourth-order valence-electron chi connectivity index (χ4n) is 18.4. The van der Waals surface area contributed by atoms with Crippen molar-refractivity contribution in [2.24, 2.45) is 94.7 Å². The van der Waals surface area contributed by atoms with E-state index < -0.39 is 36.5 Å². The molecule has 8 fully saturated rings. The third kappa shape index (κ3) is 5.53. The van der Waals surface area contributed by atoms with Gasteiger partial charge in [-0.1, -0.05) is 0 Å². The quantitative estimate of drug-likeness (QED) is 0.243. The zero-order valence-electron chi connectivity index (χ0n) is 33.5. The zero-order chi connectivity index (χ0) is 36.1. The molecule has 12 rings (SSSR count). The standard InChI is InChI=1S/4C13H17.O.2Ti/c4*1-3-7-12-10(5-1)9-11-6-2-4-8-13(11)12;;;/h4*1,3,5,7,9-13H,2,4,6,8H2;;;. The monoisotopic (exact) mass is 804 g/mol. The Balaban J connectivity index is 1.08. The minimum atomic E-state index is -3.45. The van der Waals surface area contributed by atoms with Crippen molar-refractivity contribution in [3.63, 3.8) is 0 Å². The van der Waals surface area contributed by atoms with Crippen LogP contribution in [0.25, 0.3) is 0 Å². The number of hydrogen-bond acceptors (Lipinski definition) is 1. The molecule has 3 heteroatoms. The van der Waals surface area contributed by atoms with Crippen LogP contribution in [0, 0.1) is 94.7 Å². The fourth-order valence-corrected chi connectivity index (χ4v) is 37.6. The van der Waals surface area contributed by atoms with Crippen LogP contribution in [0.4, 0.5) is 0 Å². The molecule has 12 aliphatic rings. The van der Waals surface area contributed by atoms with Crippen molar-refractivity contribution in [3.8, 4) is 0 Å². The van der Waals surface area contributed by atoms with Gasteiger partial charge in [-0.05, 0) is 0 Å². The van der Waals surface area contributed by atoms with Crippen molar-refractivity contribution >= 4 is 0 Å². The van der Waals surface area contributed by atoms with E-state index in [9.17, 15) is 1.90 Å². The predicted octanol–water partition coefficient (Wildman–Crippen LogP) is 13.9. The third-order valence-corrected chi connectivity index (χ3v) is 34.0. The van der Waals surface area contributed by atoms with E-state index in [0.717, 1.165) is 112 Å². The molecule has 55 heavy (non-hydrogen) atoms. The van der Waals surface area contributed by atoms with Crippen molar-refractivity contribution in [1.29, 1.82) is 0 Å². The summed E-state index contributed by atoms with van der Waals surface area (Å²) >= 11 is -4.05. The molecule has 0 aromatic rings. The van der Waals surface area contributed by atoms with E-state index in [-0.39, 0.29) is 0 Å². The maximum absolute atomic E-state index is 9.24. The number of rotatable bonds is 6. The van der Waals surface area contributed by atoms with Crippen LogP contribution in [0.3, 0.4) is 0 Å². The van der Waals surface area contributed by atoms with Gasteiger partial charge in [-0.3, -0.25) is 0 Å². The Morgan fingerprint density at radius 3 is 0.964 bits per heavy atom. The average Bonchev–Trinajstić information content (AvgIpc) is 3.98. The van der Waals surface area contributed by atoms with E-state index >= 15 is 0 Å². The van der Waals surface area contributed by atoms with Gasteiger partial charge in [0.25, 0.3) is 0 Å². The van der Waals surface area contributed by atoms with Crippen molar-refractivity contribution < 1.29 is 38.4 Å². The average molecular weight is 805 g/mol. The van der Waals surface area contributed by atoms with Crippen molar-refractivity contribution in [3.05, 3.63) is 97.2 Å². The molecule has 0 amide bonds. The second kappa shape index (κ2) is 14.8. The molecule has 0 N–H and O–H groups in total.